The number of pyridine rings is 1. The number of hydrogen-bond donors (Lipinski definition) is 2. The summed E-state index contributed by atoms with van der Waals surface area (Å²) in [7, 11) is 0. The van der Waals surface area contributed by atoms with Gasteiger partial charge in [0.1, 0.15) is 0 Å². The van der Waals surface area contributed by atoms with Crippen LogP contribution in [0.25, 0.3) is 0 Å². The fourth-order valence-electron chi connectivity index (χ4n) is 4.10. The fourth-order valence-corrected chi connectivity index (χ4v) is 4.10. The molecular weight excluding hydrogens is 288 g/mol. The molecule has 1 heterocycles. The van der Waals surface area contributed by atoms with E-state index < -0.39 is 0 Å². The van der Waals surface area contributed by atoms with E-state index in [1.54, 1.807) is 6.07 Å². The van der Waals surface area contributed by atoms with Crippen LogP contribution >= 0.6 is 0 Å². The summed E-state index contributed by atoms with van der Waals surface area (Å²) in [6.45, 7) is 7.31. The largest absolute Gasteiger partial charge is 0.352 e. The number of hydrogen-bond acceptors (Lipinski definition) is 2. The summed E-state index contributed by atoms with van der Waals surface area (Å²) < 4.78 is 0. The highest BCUT2D eigenvalue weighted by Gasteiger charge is 2.50. The van der Waals surface area contributed by atoms with Gasteiger partial charge >= 0.3 is 0 Å². The van der Waals surface area contributed by atoms with E-state index >= 15 is 0 Å². The summed E-state index contributed by atoms with van der Waals surface area (Å²) in [5.41, 5.74) is 2.95. The zero-order chi connectivity index (χ0) is 16.6. The third-order valence-electron chi connectivity index (χ3n) is 5.83. The van der Waals surface area contributed by atoms with Gasteiger partial charge in [-0.3, -0.25) is 9.59 Å². The van der Waals surface area contributed by atoms with Crippen molar-refractivity contribution in [1.29, 1.82) is 0 Å². The number of aryl methyl sites for hydroxylation is 1. The number of amides is 1. The molecule has 0 radical (unpaired) electrons. The number of allylic oxidation sites excluding steroid dienone is 1. The molecule has 23 heavy (non-hydrogen) atoms. The van der Waals surface area contributed by atoms with Crippen LogP contribution in [0.4, 0.5) is 0 Å². The topological polar surface area (TPSA) is 62.0 Å². The van der Waals surface area contributed by atoms with Crippen molar-refractivity contribution < 1.29 is 4.79 Å². The number of fused-ring (bicyclic) bond motifs is 1. The zero-order valence-electron chi connectivity index (χ0n) is 14.2. The Labute approximate surface area is 137 Å². The molecule has 3 aliphatic rings. The summed E-state index contributed by atoms with van der Waals surface area (Å²) in [5, 5.41) is 2.96. The van der Waals surface area contributed by atoms with E-state index in [1.807, 2.05) is 6.92 Å². The van der Waals surface area contributed by atoms with Crippen molar-refractivity contribution in [2.75, 3.05) is 6.54 Å². The lowest BCUT2D eigenvalue weighted by atomic mass is 9.48. The maximum atomic E-state index is 12.2. The number of carbonyl (C=O) groups is 1. The Morgan fingerprint density at radius 2 is 2.17 bits per heavy atom. The quantitative estimate of drug-likeness (QED) is 0.821. The van der Waals surface area contributed by atoms with Crippen molar-refractivity contribution in [3.8, 4) is 0 Å². The van der Waals surface area contributed by atoms with E-state index in [-0.39, 0.29) is 11.5 Å². The van der Waals surface area contributed by atoms with Gasteiger partial charge in [0.05, 0.1) is 0 Å². The molecule has 2 N–H and O–H groups in total. The van der Waals surface area contributed by atoms with Gasteiger partial charge in [-0.2, -0.15) is 0 Å². The predicted molar refractivity (Wildman–Crippen MR) is 91.5 cm³/mol. The summed E-state index contributed by atoms with van der Waals surface area (Å²) >= 11 is 0. The minimum absolute atomic E-state index is 0.159. The maximum absolute atomic E-state index is 12.2. The minimum Gasteiger partial charge on any atom is -0.352 e. The van der Waals surface area contributed by atoms with Gasteiger partial charge in [-0.1, -0.05) is 32.4 Å². The monoisotopic (exact) mass is 314 g/mol. The lowest BCUT2D eigenvalue weighted by Crippen LogP contribution is -2.48. The average molecular weight is 314 g/mol. The van der Waals surface area contributed by atoms with Crippen molar-refractivity contribution in [1.82, 2.24) is 10.3 Å². The molecule has 0 aliphatic heterocycles. The predicted octanol–water partition coefficient (Wildman–Crippen LogP) is 3.05. The molecule has 2 atom stereocenters. The summed E-state index contributed by atoms with van der Waals surface area (Å²) in [6.07, 6.45) is 6.48. The van der Waals surface area contributed by atoms with Gasteiger partial charge in [-0.15, -0.1) is 0 Å². The third kappa shape index (κ3) is 2.99. The van der Waals surface area contributed by atoms with Crippen molar-refractivity contribution in [2.24, 2.45) is 17.3 Å². The van der Waals surface area contributed by atoms with Gasteiger partial charge in [0.15, 0.2) is 0 Å². The van der Waals surface area contributed by atoms with E-state index in [9.17, 15) is 9.59 Å². The van der Waals surface area contributed by atoms with Crippen molar-refractivity contribution in [2.45, 2.75) is 46.5 Å². The van der Waals surface area contributed by atoms with Crippen LogP contribution in [0.5, 0.6) is 0 Å². The van der Waals surface area contributed by atoms with Gasteiger partial charge in [-0.05, 0) is 49.0 Å². The highest BCUT2D eigenvalue weighted by Crippen LogP contribution is 2.59. The number of nitrogens with one attached hydrogen (secondary N) is 2. The molecular formula is C19H26N2O2. The normalized spacial score (nSPS) is 24.6. The smallest absolute Gasteiger partial charge is 0.251 e. The van der Waals surface area contributed by atoms with E-state index in [0.29, 0.717) is 29.9 Å². The summed E-state index contributed by atoms with van der Waals surface area (Å²) in [6, 6.07) is 3.13. The number of aromatic nitrogens is 1. The van der Waals surface area contributed by atoms with Gasteiger partial charge < -0.3 is 10.3 Å². The second-order valence-electron chi connectivity index (χ2n) is 7.44. The Morgan fingerprint density at radius 3 is 2.83 bits per heavy atom. The van der Waals surface area contributed by atoms with Crippen LogP contribution in [0.1, 0.15) is 56.1 Å². The van der Waals surface area contributed by atoms with Crippen LogP contribution < -0.4 is 10.9 Å². The molecule has 124 valence electrons. The third-order valence-corrected chi connectivity index (χ3v) is 5.83. The van der Waals surface area contributed by atoms with Gasteiger partial charge in [0.2, 0.25) is 5.56 Å². The molecule has 0 spiro atoms. The number of rotatable bonds is 5. The van der Waals surface area contributed by atoms with Gasteiger partial charge in [-0.25, -0.2) is 0 Å². The van der Waals surface area contributed by atoms with Crippen LogP contribution in [0.3, 0.4) is 0 Å². The van der Waals surface area contributed by atoms with Crippen LogP contribution in [-0.2, 0) is 6.42 Å². The van der Waals surface area contributed by atoms with Crippen LogP contribution in [0.2, 0.25) is 0 Å². The van der Waals surface area contributed by atoms with Crippen molar-refractivity contribution in [3.63, 3.8) is 0 Å². The molecule has 1 fully saturated rings. The van der Waals surface area contributed by atoms with E-state index in [1.165, 1.54) is 24.5 Å². The van der Waals surface area contributed by atoms with Crippen molar-refractivity contribution in [3.05, 3.63) is 45.4 Å². The lowest BCUT2D eigenvalue weighted by molar-refractivity contribution is -0.00811. The zero-order valence-corrected chi connectivity index (χ0v) is 14.2. The Bertz CT molecular complexity index is 700. The maximum Gasteiger partial charge on any atom is 0.251 e. The molecule has 0 unspecified atom stereocenters. The first-order valence-electron chi connectivity index (χ1n) is 8.62. The molecule has 4 nitrogen and oxygen atoms in total. The second-order valence-corrected chi connectivity index (χ2v) is 7.44. The fraction of sp³-hybridized carbons (Fsp3) is 0.579. The molecule has 4 rings (SSSR count). The van der Waals surface area contributed by atoms with Crippen molar-refractivity contribution >= 4 is 5.91 Å². The Morgan fingerprint density at radius 1 is 1.39 bits per heavy atom. The molecule has 0 aromatic carbocycles. The van der Waals surface area contributed by atoms with Crippen LogP contribution in [-0.4, -0.2) is 17.4 Å². The van der Waals surface area contributed by atoms with E-state index in [0.717, 1.165) is 18.0 Å². The molecule has 1 amide bonds. The summed E-state index contributed by atoms with van der Waals surface area (Å²) in [5.74, 6) is 1.37. The Balaban J connectivity index is 1.57. The lowest BCUT2D eigenvalue weighted by Gasteiger charge is -2.56. The highest BCUT2D eigenvalue weighted by atomic mass is 16.2. The standard InChI is InChI=1S/C19H26N2O2/c1-4-15-9-13(10-17(22)21-15)18(23)20-8-7-12-5-6-14-11-16(12)19(14,2)3/h5,9-10,14,16H,4,6-8,11H2,1-3H3,(H,20,23)(H,21,22)/t14-,16-/m0/s1. The van der Waals surface area contributed by atoms with Crippen LogP contribution in [0, 0.1) is 17.3 Å². The Kier molecular flexibility index (Phi) is 4.17. The first kappa shape index (κ1) is 16.0. The summed E-state index contributed by atoms with van der Waals surface area (Å²) in [4.78, 5) is 26.5. The number of carbonyl (C=O) groups excluding carboxylic acids is 1. The van der Waals surface area contributed by atoms with Crippen LogP contribution in [0.15, 0.2) is 28.6 Å². The van der Waals surface area contributed by atoms with E-state index in [4.69, 9.17) is 0 Å². The molecule has 1 aromatic heterocycles. The average Bonchev–Trinajstić information content (AvgIpc) is 2.54. The minimum atomic E-state index is -0.216. The molecule has 1 aromatic rings. The highest BCUT2D eigenvalue weighted by molar-refractivity contribution is 5.94. The number of H-pyrrole nitrogens is 1. The van der Waals surface area contributed by atoms with E-state index in [2.05, 4.69) is 30.2 Å². The molecule has 1 saturated carbocycles. The molecule has 4 heteroatoms. The first-order chi connectivity index (χ1) is 10.9. The molecule has 0 saturated heterocycles. The van der Waals surface area contributed by atoms with Gasteiger partial charge in [0, 0.05) is 23.9 Å². The number of aromatic amines is 1. The molecule has 3 aliphatic carbocycles. The molecule has 2 bridgehead atoms. The Hall–Kier alpha value is -1.84. The SMILES string of the molecule is CCc1cc(C(=O)NCCC2=CC[C@H]3C[C@@H]2C3(C)C)cc(=O)[nH]1. The first-order valence-corrected chi connectivity index (χ1v) is 8.62. The second kappa shape index (κ2) is 5.99. The van der Waals surface area contributed by atoms with Gasteiger partial charge in [0.25, 0.3) is 5.91 Å².